The monoisotopic (exact) mass is 293 g/mol. The van der Waals surface area contributed by atoms with Gasteiger partial charge in [0.05, 0.1) is 13.5 Å². The number of esters is 1. The van der Waals surface area contributed by atoms with Crippen molar-refractivity contribution in [2.45, 2.75) is 38.6 Å². The molecule has 21 heavy (non-hydrogen) atoms. The molecule has 0 radical (unpaired) electrons. The molecule has 1 aliphatic rings. The van der Waals surface area contributed by atoms with Crippen LogP contribution in [0.4, 0.5) is 4.39 Å². The molecule has 1 fully saturated rings. The number of rotatable bonds is 3. The van der Waals surface area contributed by atoms with Crippen LogP contribution in [0.1, 0.15) is 41.6 Å². The van der Waals surface area contributed by atoms with Crippen molar-refractivity contribution in [2.24, 2.45) is 0 Å². The highest BCUT2D eigenvalue weighted by atomic mass is 19.1. The van der Waals surface area contributed by atoms with Crippen LogP contribution in [0.25, 0.3) is 0 Å². The van der Waals surface area contributed by atoms with Gasteiger partial charge in [0.1, 0.15) is 5.82 Å². The molecule has 0 aromatic heterocycles. The summed E-state index contributed by atoms with van der Waals surface area (Å²) in [5.41, 5.74) is 1.11. The standard InChI is InChI=1S/C16H20FNO3/c1-11-6-7-12(17)9-14(11)16(20)18-8-4-3-5-13(18)10-15(19)21-2/h6-7,9,13H,3-5,8,10H2,1-2H3. The lowest BCUT2D eigenvalue weighted by molar-refractivity contribution is -0.142. The normalized spacial score (nSPS) is 18.4. The molecule has 0 saturated carbocycles. The predicted octanol–water partition coefficient (Wildman–Crippen LogP) is 2.69. The number of likely N-dealkylation sites (tertiary alicyclic amines) is 1. The van der Waals surface area contributed by atoms with Gasteiger partial charge in [0, 0.05) is 18.2 Å². The highest BCUT2D eigenvalue weighted by molar-refractivity contribution is 5.96. The lowest BCUT2D eigenvalue weighted by Gasteiger charge is -2.35. The highest BCUT2D eigenvalue weighted by Crippen LogP contribution is 2.23. The maximum Gasteiger partial charge on any atom is 0.307 e. The molecule has 1 aromatic carbocycles. The molecule has 1 unspecified atom stereocenters. The van der Waals surface area contributed by atoms with Gasteiger partial charge in [0.2, 0.25) is 0 Å². The third kappa shape index (κ3) is 3.60. The largest absolute Gasteiger partial charge is 0.469 e. The number of amides is 1. The zero-order valence-electron chi connectivity index (χ0n) is 12.4. The lowest BCUT2D eigenvalue weighted by atomic mass is 9.97. The van der Waals surface area contributed by atoms with Crippen molar-refractivity contribution in [1.82, 2.24) is 4.90 Å². The van der Waals surface area contributed by atoms with E-state index in [4.69, 9.17) is 4.74 Å². The average molecular weight is 293 g/mol. The van der Waals surface area contributed by atoms with Gasteiger partial charge in [0.15, 0.2) is 0 Å². The Morgan fingerprint density at radius 3 is 2.86 bits per heavy atom. The van der Waals surface area contributed by atoms with Gasteiger partial charge in [-0.1, -0.05) is 6.07 Å². The molecule has 0 N–H and O–H groups in total. The summed E-state index contributed by atoms with van der Waals surface area (Å²) in [5, 5.41) is 0. The Balaban J connectivity index is 2.22. The second-order valence-electron chi connectivity index (χ2n) is 5.39. The summed E-state index contributed by atoms with van der Waals surface area (Å²) in [7, 11) is 1.34. The number of nitrogens with zero attached hydrogens (tertiary/aromatic N) is 1. The number of hydrogen-bond donors (Lipinski definition) is 0. The van der Waals surface area contributed by atoms with Gasteiger partial charge in [-0.2, -0.15) is 0 Å². The Morgan fingerprint density at radius 1 is 1.38 bits per heavy atom. The molecular weight excluding hydrogens is 273 g/mol. The lowest BCUT2D eigenvalue weighted by Crippen LogP contribution is -2.45. The van der Waals surface area contributed by atoms with Crippen molar-refractivity contribution in [3.05, 3.63) is 35.1 Å². The van der Waals surface area contributed by atoms with Crippen LogP contribution >= 0.6 is 0 Å². The Labute approximate surface area is 123 Å². The van der Waals surface area contributed by atoms with E-state index in [0.29, 0.717) is 12.1 Å². The van der Waals surface area contributed by atoms with Gasteiger partial charge in [-0.25, -0.2) is 4.39 Å². The summed E-state index contributed by atoms with van der Waals surface area (Å²) in [6.07, 6.45) is 2.84. The maximum absolute atomic E-state index is 13.4. The zero-order chi connectivity index (χ0) is 15.4. The fourth-order valence-corrected chi connectivity index (χ4v) is 2.74. The number of carbonyl (C=O) groups is 2. The number of aryl methyl sites for hydroxylation is 1. The number of benzene rings is 1. The van der Waals surface area contributed by atoms with Crippen LogP contribution in [0, 0.1) is 12.7 Å². The first-order chi connectivity index (χ1) is 10.0. The highest BCUT2D eigenvalue weighted by Gasteiger charge is 2.30. The van der Waals surface area contributed by atoms with E-state index < -0.39 is 5.82 Å². The summed E-state index contributed by atoms with van der Waals surface area (Å²) in [5.74, 6) is -0.957. The van der Waals surface area contributed by atoms with Crippen LogP contribution in [0.15, 0.2) is 18.2 Å². The minimum atomic E-state index is -0.425. The van der Waals surface area contributed by atoms with E-state index in [2.05, 4.69) is 0 Å². The van der Waals surface area contributed by atoms with E-state index in [-0.39, 0.29) is 24.3 Å². The van der Waals surface area contributed by atoms with Crippen LogP contribution in [0.2, 0.25) is 0 Å². The summed E-state index contributed by atoms with van der Waals surface area (Å²) in [4.78, 5) is 25.8. The van der Waals surface area contributed by atoms with Crippen LogP contribution in [-0.2, 0) is 9.53 Å². The molecule has 1 heterocycles. The maximum atomic E-state index is 13.4. The Kier molecular flexibility index (Phi) is 4.94. The molecule has 0 spiro atoms. The van der Waals surface area contributed by atoms with Crippen LogP contribution in [0.3, 0.4) is 0 Å². The van der Waals surface area contributed by atoms with Crippen molar-refractivity contribution in [3.8, 4) is 0 Å². The summed E-state index contributed by atoms with van der Waals surface area (Å²) in [6, 6.07) is 4.04. The van der Waals surface area contributed by atoms with Crippen molar-refractivity contribution in [2.75, 3.05) is 13.7 Å². The van der Waals surface area contributed by atoms with Crippen LogP contribution in [0.5, 0.6) is 0 Å². The van der Waals surface area contributed by atoms with Crippen LogP contribution in [-0.4, -0.2) is 36.5 Å². The third-order valence-corrected chi connectivity index (χ3v) is 3.95. The molecule has 1 saturated heterocycles. The van der Waals surface area contributed by atoms with Crippen molar-refractivity contribution in [1.29, 1.82) is 0 Å². The van der Waals surface area contributed by atoms with Crippen molar-refractivity contribution in [3.63, 3.8) is 0 Å². The first kappa shape index (κ1) is 15.5. The molecule has 114 valence electrons. The molecule has 0 aliphatic carbocycles. The number of piperidine rings is 1. The second-order valence-corrected chi connectivity index (χ2v) is 5.39. The van der Waals surface area contributed by atoms with E-state index in [0.717, 1.165) is 24.8 Å². The van der Waals surface area contributed by atoms with Crippen molar-refractivity contribution < 1.29 is 18.7 Å². The van der Waals surface area contributed by atoms with Crippen molar-refractivity contribution >= 4 is 11.9 Å². The quantitative estimate of drug-likeness (QED) is 0.805. The van der Waals surface area contributed by atoms with Gasteiger partial charge < -0.3 is 9.64 Å². The minimum Gasteiger partial charge on any atom is -0.469 e. The Hall–Kier alpha value is -1.91. The summed E-state index contributed by atoms with van der Waals surface area (Å²) in [6.45, 7) is 2.38. The number of hydrogen-bond acceptors (Lipinski definition) is 3. The zero-order valence-corrected chi connectivity index (χ0v) is 12.4. The molecule has 0 bridgehead atoms. The Bertz CT molecular complexity index is 544. The Morgan fingerprint density at radius 2 is 2.14 bits per heavy atom. The fourth-order valence-electron chi connectivity index (χ4n) is 2.74. The van der Waals surface area contributed by atoms with Crippen LogP contribution < -0.4 is 0 Å². The van der Waals surface area contributed by atoms with Gasteiger partial charge in [-0.15, -0.1) is 0 Å². The topological polar surface area (TPSA) is 46.6 Å². The number of methoxy groups -OCH3 is 1. The number of halogens is 1. The van der Waals surface area contributed by atoms with Gasteiger partial charge in [-0.3, -0.25) is 9.59 Å². The second kappa shape index (κ2) is 6.70. The molecular formula is C16H20FNO3. The first-order valence-corrected chi connectivity index (χ1v) is 7.17. The SMILES string of the molecule is COC(=O)CC1CCCCN1C(=O)c1cc(F)ccc1C. The predicted molar refractivity (Wildman–Crippen MR) is 76.4 cm³/mol. The van der Waals surface area contributed by atoms with Gasteiger partial charge in [0.25, 0.3) is 5.91 Å². The average Bonchev–Trinajstić information content (AvgIpc) is 2.49. The summed E-state index contributed by atoms with van der Waals surface area (Å²) >= 11 is 0. The smallest absolute Gasteiger partial charge is 0.307 e. The number of ether oxygens (including phenoxy) is 1. The molecule has 4 nitrogen and oxygen atoms in total. The van der Waals surface area contributed by atoms with Gasteiger partial charge >= 0.3 is 5.97 Å². The third-order valence-electron chi connectivity index (χ3n) is 3.95. The first-order valence-electron chi connectivity index (χ1n) is 7.17. The number of carbonyl (C=O) groups excluding carboxylic acids is 2. The molecule has 2 rings (SSSR count). The van der Waals surface area contributed by atoms with E-state index in [9.17, 15) is 14.0 Å². The van der Waals surface area contributed by atoms with E-state index in [1.807, 2.05) is 0 Å². The van der Waals surface area contributed by atoms with E-state index >= 15 is 0 Å². The molecule has 5 heteroatoms. The molecule has 1 aromatic rings. The molecule has 1 atom stereocenters. The van der Waals surface area contributed by atoms with Gasteiger partial charge in [-0.05, 0) is 43.9 Å². The molecule has 1 amide bonds. The fraction of sp³-hybridized carbons (Fsp3) is 0.500. The van der Waals surface area contributed by atoms with E-state index in [1.54, 1.807) is 17.9 Å². The minimum absolute atomic E-state index is 0.165. The van der Waals surface area contributed by atoms with E-state index in [1.165, 1.54) is 19.2 Å². The summed E-state index contributed by atoms with van der Waals surface area (Å²) < 4.78 is 18.1. The molecule has 1 aliphatic heterocycles.